The van der Waals surface area contributed by atoms with Gasteiger partial charge in [-0.1, -0.05) is 61.9 Å². The Morgan fingerprint density at radius 3 is 2.00 bits per heavy atom. The lowest BCUT2D eigenvalue weighted by Gasteiger charge is -2.22. The molecule has 0 heterocycles. The number of benzene rings is 2. The van der Waals surface area contributed by atoms with E-state index in [4.69, 9.17) is 0 Å². The summed E-state index contributed by atoms with van der Waals surface area (Å²) in [7, 11) is -3.48. The van der Waals surface area contributed by atoms with E-state index in [0.29, 0.717) is 18.0 Å². The normalized spacial score (nSPS) is 11.8. The highest BCUT2D eigenvalue weighted by molar-refractivity contribution is 7.89. The minimum atomic E-state index is -3.48. The summed E-state index contributed by atoms with van der Waals surface area (Å²) >= 11 is 0. The number of rotatable bonds is 7. The summed E-state index contributed by atoms with van der Waals surface area (Å²) in [6.45, 7) is 7.14. The van der Waals surface area contributed by atoms with E-state index in [1.54, 1.807) is 16.4 Å². The average Bonchev–Trinajstić information content (AvgIpc) is 2.55. The Balaban J connectivity index is 2.52. The van der Waals surface area contributed by atoms with Crippen molar-refractivity contribution >= 4 is 10.0 Å². The van der Waals surface area contributed by atoms with Crippen LogP contribution in [0.2, 0.25) is 0 Å². The van der Waals surface area contributed by atoms with Gasteiger partial charge >= 0.3 is 0 Å². The molecular formula is C19H25NO2S. The summed E-state index contributed by atoms with van der Waals surface area (Å²) in [5.41, 5.74) is 2.86. The lowest BCUT2D eigenvalue weighted by atomic mass is 10.0. The van der Waals surface area contributed by atoms with E-state index >= 15 is 0 Å². The van der Waals surface area contributed by atoms with E-state index in [1.807, 2.05) is 57.2 Å². The van der Waals surface area contributed by atoms with Crippen LogP contribution >= 0.6 is 0 Å². The first-order valence-corrected chi connectivity index (χ1v) is 9.61. The van der Waals surface area contributed by atoms with Gasteiger partial charge in [0.1, 0.15) is 0 Å². The fraction of sp³-hybridized carbons (Fsp3) is 0.368. The maximum Gasteiger partial charge on any atom is 0.243 e. The van der Waals surface area contributed by atoms with Crippen LogP contribution in [0.1, 0.15) is 32.3 Å². The molecule has 0 unspecified atom stereocenters. The van der Waals surface area contributed by atoms with Gasteiger partial charge in [0.15, 0.2) is 0 Å². The zero-order valence-corrected chi connectivity index (χ0v) is 14.9. The Hall–Kier alpha value is -1.65. The molecule has 0 aliphatic carbocycles. The molecule has 2 aromatic carbocycles. The third-order valence-electron chi connectivity index (χ3n) is 3.81. The smallest absolute Gasteiger partial charge is 0.207 e. The molecule has 0 amide bonds. The molecule has 0 atom stereocenters. The number of sulfonamides is 1. The number of aryl methyl sites for hydroxylation is 1. The molecule has 23 heavy (non-hydrogen) atoms. The van der Waals surface area contributed by atoms with E-state index < -0.39 is 10.0 Å². The number of hydrogen-bond acceptors (Lipinski definition) is 2. The van der Waals surface area contributed by atoms with Crippen molar-refractivity contribution in [2.45, 2.75) is 38.5 Å². The maximum absolute atomic E-state index is 13.1. The minimum Gasteiger partial charge on any atom is -0.207 e. The molecule has 3 nitrogen and oxygen atoms in total. The van der Waals surface area contributed by atoms with Crippen LogP contribution in [0.3, 0.4) is 0 Å². The average molecular weight is 331 g/mol. The minimum absolute atomic E-state index is 0.394. The second kappa shape index (κ2) is 7.75. The molecule has 0 saturated carbocycles. The molecule has 124 valence electrons. The SMILES string of the molecule is CCCN(CCC)S(=O)(=O)c1ccccc1-c1ccc(C)cc1. The summed E-state index contributed by atoms with van der Waals surface area (Å²) in [5.74, 6) is 0. The number of hydrogen-bond donors (Lipinski definition) is 0. The molecule has 0 fully saturated rings. The van der Waals surface area contributed by atoms with Crippen molar-refractivity contribution in [3.63, 3.8) is 0 Å². The lowest BCUT2D eigenvalue weighted by Crippen LogP contribution is -2.32. The van der Waals surface area contributed by atoms with Gasteiger partial charge < -0.3 is 0 Å². The van der Waals surface area contributed by atoms with Gasteiger partial charge in [-0.2, -0.15) is 4.31 Å². The van der Waals surface area contributed by atoms with Crippen molar-refractivity contribution in [2.75, 3.05) is 13.1 Å². The summed E-state index contributed by atoms with van der Waals surface area (Å²) in [5, 5.41) is 0. The molecule has 4 heteroatoms. The third-order valence-corrected chi connectivity index (χ3v) is 5.77. The van der Waals surface area contributed by atoms with E-state index in [9.17, 15) is 8.42 Å². The van der Waals surface area contributed by atoms with Crippen molar-refractivity contribution in [1.82, 2.24) is 4.31 Å². The van der Waals surface area contributed by atoms with Crippen LogP contribution in [0.4, 0.5) is 0 Å². The van der Waals surface area contributed by atoms with Crippen molar-refractivity contribution < 1.29 is 8.42 Å². The highest BCUT2D eigenvalue weighted by Crippen LogP contribution is 2.29. The van der Waals surface area contributed by atoms with E-state index in [-0.39, 0.29) is 0 Å². The largest absolute Gasteiger partial charge is 0.243 e. The second-order valence-corrected chi connectivity index (χ2v) is 7.67. The molecular weight excluding hydrogens is 306 g/mol. The first kappa shape index (κ1) is 17.7. The Labute approximate surface area is 140 Å². The predicted molar refractivity (Wildman–Crippen MR) is 96.0 cm³/mol. The van der Waals surface area contributed by atoms with Crippen molar-refractivity contribution in [1.29, 1.82) is 0 Å². The van der Waals surface area contributed by atoms with Crippen LogP contribution in [0.25, 0.3) is 11.1 Å². The van der Waals surface area contributed by atoms with Crippen molar-refractivity contribution in [3.05, 3.63) is 54.1 Å². The van der Waals surface area contributed by atoms with Gasteiger partial charge in [0.05, 0.1) is 4.90 Å². The predicted octanol–water partition coefficient (Wildman–Crippen LogP) is 4.47. The summed E-state index contributed by atoms with van der Waals surface area (Å²) in [6, 6.07) is 15.2. The summed E-state index contributed by atoms with van der Waals surface area (Å²) in [6.07, 6.45) is 1.62. The van der Waals surface area contributed by atoms with E-state index in [1.165, 1.54) is 0 Å². The maximum atomic E-state index is 13.1. The molecule has 0 aromatic heterocycles. The Morgan fingerprint density at radius 2 is 1.43 bits per heavy atom. The highest BCUT2D eigenvalue weighted by atomic mass is 32.2. The Kier molecular flexibility index (Phi) is 5.97. The third kappa shape index (κ3) is 4.01. The van der Waals surface area contributed by atoms with Gasteiger partial charge in [-0.15, -0.1) is 0 Å². The molecule has 0 N–H and O–H groups in total. The van der Waals surface area contributed by atoms with Crippen LogP contribution in [-0.4, -0.2) is 25.8 Å². The second-order valence-electron chi connectivity index (χ2n) is 5.77. The summed E-state index contributed by atoms with van der Waals surface area (Å²) in [4.78, 5) is 0.394. The first-order chi connectivity index (χ1) is 11.0. The molecule has 0 aliphatic heterocycles. The quantitative estimate of drug-likeness (QED) is 0.750. The zero-order chi connectivity index (χ0) is 16.9. The number of nitrogens with zero attached hydrogens (tertiary/aromatic N) is 1. The van der Waals surface area contributed by atoms with Gasteiger partial charge in [-0.05, 0) is 31.4 Å². The van der Waals surface area contributed by atoms with Gasteiger partial charge in [-0.3, -0.25) is 0 Å². The van der Waals surface area contributed by atoms with E-state index in [2.05, 4.69) is 0 Å². The molecule has 0 aliphatic rings. The highest BCUT2D eigenvalue weighted by Gasteiger charge is 2.25. The van der Waals surface area contributed by atoms with Crippen LogP contribution in [0.5, 0.6) is 0 Å². The zero-order valence-electron chi connectivity index (χ0n) is 14.1. The summed E-state index contributed by atoms with van der Waals surface area (Å²) < 4.78 is 27.8. The topological polar surface area (TPSA) is 37.4 Å². The van der Waals surface area contributed by atoms with Crippen LogP contribution in [0.15, 0.2) is 53.4 Å². The van der Waals surface area contributed by atoms with Gasteiger partial charge in [0.2, 0.25) is 10.0 Å². The molecule has 0 bridgehead atoms. The Morgan fingerprint density at radius 1 is 0.870 bits per heavy atom. The van der Waals surface area contributed by atoms with Gasteiger partial charge in [-0.25, -0.2) is 8.42 Å². The van der Waals surface area contributed by atoms with Crippen molar-refractivity contribution in [2.24, 2.45) is 0 Å². The first-order valence-electron chi connectivity index (χ1n) is 8.17. The molecule has 2 aromatic rings. The van der Waals surface area contributed by atoms with Crippen molar-refractivity contribution in [3.8, 4) is 11.1 Å². The fourth-order valence-electron chi connectivity index (χ4n) is 2.65. The van der Waals surface area contributed by atoms with Gasteiger partial charge in [0.25, 0.3) is 0 Å². The van der Waals surface area contributed by atoms with Crippen LogP contribution < -0.4 is 0 Å². The lowest BCUT2D eigenvalue weighted by molar-refractivity contribution is 0.410. The monoisotopic (exact) mass is 331 g/mol. The fourth-order valence-corrected chi connectivity index (χ4v) is 4.49. The van der Waals surface area contributed by atoms with Gasteiger partial charge in [0, 0.05) is 18.7 Å². The molecule has 2 rings (SSSR count). The van der Waals surface area contributed by atoms with Crippen LogP contribution in [0, 0.1) is 6.92 Å². The van der Waals surface area contributed by atoms with Crippen LogP contribution in [-0.2, 0) is 10.0 Å². The van der Waals surface area contributed by atoms with E-state index in [0.717, 1.165) is 29.5 Å². The molecule has 0 radical (unpaired) electrons. The molecule has 0 spiro atoms. The Bertz CT molecular complexity index is 730. The molecule has 0 saturated heterocycles. The standard InChI is InChI=1S/C19H25NO2S/c1-4-14-20(15-5-2)23(21,22)19-9-7-6-8-18(19)17-12-10-16(3)11-13-17/h6-13H,4-5,14-15H2,1-3H3.